The summed E-state index contributed by atoms with van der Waals surface area (Å²) in [6.07, 6.45) is -0.388. The molecule has 1 unspecified atom stereocenters. The second-order valence-electron chi connectivity index (χ2n) is 7.66. The van der Waals surface area contributed by atoms with E-state index in [9.17, 15) is 18.0 Å². The van der Waals surface area contributed by atoms with E-state index in [1.807, 2.05) is 6.07 Å². The highest BCUT2D eigenvalue weighted by atomic mass is 32.2. The molecule has 1 atom stereocenters. The lowest BCUT2D eigenvalue weighted by molar-refractivity contribution is -0.146. The number of rotatable bonds is 7. The van der Waals surface area contributed by atoms with Crippen LogP contribution in [0, 0.1) is 11.8 Å². The summed E-state index contributed by atoms with van der Waals surface area (Å²) < 4.78 is 30.4. The highest BCUT2D eigenvalue weighted by Gasteiger charge is 2.49. The monoisotopic (exact) mass is 492 g/mol. The molecule has 0 fully saturated rings. The Morgan fingerprint density at radius 2 is 1.60 bits per heavy atom. The van der Waals surface area contributed by atoms with Crippen molar-refractivity contribution in [3.63, 3.8) is 0 Å². The molecule has 35 heavy (non-hydrogen) atoms. The largest absolute Gasteiger partial charge is 0.497 e. The van der Waals surface area contributed by atoms with E-state index in [1.54, 1.807) is 54.6 Å². The van der Waals surface area contributed by atoms with Gasteiger partial charge in [0.2, 0.25) is 0 Å². The van der Waals surface area contributed by atoms with Crippen LogP contribution in [0.4, 0.5) is 5.69 Å². The topological polar surface area (TPSA) is 125 Å². The van der Waals surface area contributed by atoms with Crippen LogP contribution in [-0.4, -0.2) is 32.2 Å². The summed E-state index contributed by atoms with van der Waals surface area (Å²) in [5, 5.41) is 2.60. The van der Waals surface area contributed by atoms with E-state index in [0.717, 1.165) is 0 Å². The van der Waals surface area contributed by atoms with E-state index in [2.05, 4.69) is 22.0 Å². The summed E-state index contributed by atoms with van der Waals surface area (Å²) in [5.41, 5.74) is 0.941. The summed E-state index contributed by atoms with van der Waals surface area (Å²) >= 11 is 0. The van der Waals surface area contributed by atoms with Gasteiger partial charge in [-0.15, -0.1) is 0 Å². The Labute approximate surface area is 203 Å². The van der Waals surface area contributed by atoms with Gasteiger partial charge in [0, 0.05) is 17.5 Å². The Kier molecular flexibility index (Phi) is 7.91. The van der Waals surface area contributed by atoms with Gasteiger partial charge in [-0.3, -0.25) is 4.79 Å². The fourth-order valence-corrected chi connectivity index (χ4v) is 4.90. The van der Waals surface area contributed by atoms with Gasteiger partial charge in [-0.1, -0.05) is 42.2 Å². The van der Waals surface area contributed by atoms with Crippen molar-refractivity contribution >= 4 is 27.4 Å². The van der Waals surface area contributed by atoms with Crippen molar-refractivity contribution in [2.45, 2.75) is 23.0 Å². The van der Waals surface area contributed by atoms with Gasteiger partial charge in [0.05, 0.1) is 17.7 Å². The Morgan fingerprint density at radius 1 is 0.971 bits per heavy atom. The van der Waals surface area contributed by atoms with Gasteiger partial charge in [-0.05, 0) is 55.5 Å². The molecule has 1 amide bonds. The molecule has 9 heteroatoms. The predicted molar refractivity (Wildman–Crippen MR) is 131 cm³/mol. The molecule has 0 aromatic heterocycles. The number of ether oxygens (including phenoxy) is 1. The molecular weight excluding hydrogens is 468 g/mol. The molecule has 180 valence electrons. The van der Waals surface area contributed by atoms with Crippen molar-refractivity contribution in [1.29, 1.82) is 0 Å². The summed E-state index contributed by atoms with van der Waals surface area (Å²) in [7, 11) is -2.92. The average Bonchev–Trinajstić information content (AvgIpc) is 2.88. The number of para-hydroxylation sites is 1. The van der Waals surface area contributed by atoms with Crippen LogP contribution in [0.25, 0.3) is 0 Å². The number of benzene rings is 3. The number of hydrogen-bond donors (Lipinski definition) is 2. The van der Waals surface area contributed by atoms with Crippen LogP contribution in [0.1, 0.15) is 29.3 Å². The Balaban J connectivity index is 1.97. The summed E-state index contributed by atoms with van der Waals surface area (Å²) in [4.78, 5) is 29.5. The minimum Gasteiger partial charge on any atom is -0.497 e. The highest BCUT2D eigenvalue weighted by molar-refractivity contribution is 7.93. The normalized spacial score (nSPS) is 12.4. The maximum absolute atomic E-state index is 13.7. The van der Waals surface area contributed by atoms with Crippen LogP contribution in [-0.2, 0) is 19.5 Å². The number of anilines is 1. The van der Waals surface area contributed by atoms with Gasteiger partial charge in [0.15, 0.2) is 14.6 Å². The molecule has 3 aromatic rings. The van der Waals surface area contributed by atoms with Crippen LogP contribution >= 0.6 is 0 Å². The second kappa shape index (κ2) is 10.9. The van der Waals surface area contributed by atoms with Gasteiger partial charge < -0.3 is 14.9 Å². The minimum atomic E-state index is -4.43. The lowest BCUT2D eigenvalue weighted by atomic mass is 10.1. The van der Waals surface area contributed by atoms with E-state index in [4.69, 9.17) is 10.6 Å². The van der Waals surface area contributed by atoms with Crippen LogP contribution < -0.4 is 16.0 Å². The first-order valence-electron chi connectivity index (χ1n) is 10.5. The van der Waals surface area contributed by atoms with Gasteiger partial charge in [-0.25, -0.2) is 13.2 Å². The molecule has 0 aliphatic carbocycles. The molecule has 0 saturated carbocycles. The first-order chi connectivity index (χ1) is 16.7. The Morgan fingerprint density at radius 3 is 2.23 bits per heavy atom. The molecule has 0 aliphatic heterocycles. The van der Waals surface area contributed by atoms with Crippen LogP contribution in [0.2, 0.25) is 0 Å². The number of hydrogen-bond acceptors (Lipinski definition) is 7. The molecule has 3 aromatic carbocycles. The van der Waals surface area contributed by atoms with E-state index >= 15 is 0 Å². The van der Waals surface area contributed by atoms with E-state index in [0.29, 0.717) is 11.3 Å². The van der Waals surface area contributed by atoms with Gasteiger partial charge in [0.25, 0.3) is 5.91 Å². The van der Waals surface area contributed by atoms with Crippen molar-refractivity contribution < 1.29 is 27.6 Å². The van der Waals surface area contributed by atoms with Gasteiger partial charge in [-0.2, -0.15) is 5.90 Å². The third-order valence-electron chi connectivity index (χ3n) is 5.34. The zero-order valence-corrected chi connectivity index (χ0v) is 20.0. The molecular formula is C26H24N2O6S. The van der Waals surface area contributed by atoms with Crippen molar-refractivity contribution in [1.82, 2.24) is 0 Å². The minimum absolute atomic E-state index is 0.000355. The van der Waals surface area contributed by atoms with Crippen LogP contribution in [0.15, 0.2) is 83.8 Å². The summed E-state index contributed by atoms with van der Waals surface area (Å²) in [5.74, 6) is 9.53. The summed E-state index contributed by atoms with van der Waals surface area (Å²) in [6, 6.07) is 21.0. The first-order valence-corrected chi connectivity index (χ1v) is 12.0. The molecule has 0 saturated heterocycles. The number of carbonyl (C=O) groups is 2. The maximum Gasteiger partial charge on any atom is 0.347 e. The molecule has 3 N–H and O–H groups in total. The number of amides is 1. The van der Waals surface area contributed by atoms with E-state index < -0.39 is 26.5 Å². The van der Waals surface area contributed by atoms with Crippen LogP contribution in [0.3, 0.4) is 0 Å². The zero-order valence-electron chi connectivity index (χ0n) is 19.1. The molecule has 0 radical (unpaired) electrons. The number of nitrogens with one attached hydrogen (secondary N) is 1. The highest BCUT2D eigenvalue weighted by Crippen LogP contribution is 2.34. The Bertz CT molecular complexity index is 1380. The second-order valence-corrected chi connectivity index (χ2v) is 10.0. The third-order valence-corrected chi connectivity index (χ3v) is 7.77. The number of nitrogens with two attached hydrogens (primary N) is 1. The molecule has 0 heterocycles. The van der Waals surface area contributed by atoms with Crippen LogP contribution in [0.5, 0.6) is 5.75 Å². The van der Waals surface area contributed by atoms with Crippen molar-refractivity contribution in [2.75, 3.05) is 12.4 Å². The molecule has 3 rings (SSSR count). The zero-order chi connectivity index (χ0) is 25.5. The summed E-state index contributed by atoms with van der Waals surface area (Å²) in [6.45, 7) is 1.19. The van der Waals surface area contributed by atoms with Gasteiger partial charge >= 0.3 is 5.97 Å². The molecule has 8 nitrogen and oxygen atoms in total. The SMILES string of the molecule is COc1ccc(C(=O)Nc2ccccc2S(=O)(=O)C(C)(CC#Cc2ccccc2)C(=O)ON)cc1. The number of sulfone groups is 1. The van der Waals surface area contributed by atoms with Crippen molar-refractivity contribution in [2.24, 2.45) is 5.90 Å². The average molecular weight is 493 g/mol. The number of carbonyl (C=O) groups excluding carboxylic acids is 2. The van der Waals surface area contributed by atoms with Crippen molar-refractivity contribution in [3.8, 4) is 17.6 Å². The smallest absolute Gasteiger partial charge is 0.347 e. The lowest BCUT2D eigenvalue weighted by Crippen LogP contribution is -2.46. The van der Waals surface area contributed by atoms with Gasteiger partial charge in [0.1, 0.15) is 5.75 Å². The Hall–Kier alpha value is -4.13. The van der Waals surface area contributed by atoms with Crippen molar-refractivity contribution in [3.05, 3.63) is 90.0 Å². The number of methoxy groups -OCH3 is 1. The molecule has 0 bridgehead atoms. The molecule has 0 aliphatic rings. The fraction of sp³-hybridized carbons (Fsp3) is 0.154. The maximum atomic E-state index is 13.7. The predicted octanol–water partition coefficient (Wildman–Crippen LogP) is 3.34. The fourth-order valence-electron chi connectivity index (χ4n) is 3.22. The third kappa shape index (κ3) is 5.51. The van der Waals surface area contributed by atoms with E-state index in [-0.39, 0.29) is 22.6 Å². The lowest BCUT2D eigenvalue weighted by Gasteiger charge is -2.25. The quantitative estimate of drug-likeness (QED) is 0.383. The standard InChI is InChI=1S/C26H24N2O6S/c1-26(25(30)34-27,18-8-11-19-9-4-3-5-10-19)35(31,32)23-13-7-6-12-22(23)28-24(29)20-14-16-21(33-2)17-15-20/h3-7,9-10,12-17H,18,27H2,1-2H3,(H,28,29). The molecule has 0 spiro atoms. The first kappa shape index (κ1) is 25.5. The van der Waals surface area contributed by atoms with E-state index in [1.165, 1.54) is 32.2 Å².